The number of likely N-dealkylation sites (tertiary alicyclic amines) is 2. The Balaban J connectivity index is 1.84. The zero-order valence-corrected chi connectivity index (χ0v) is 27.4. The van der Waals surface area contributed by atoms with Crippen molar-refractivity contribution in [2.45, 2.75) is 84.7 Å². The van der Waals surface area contributed by atoms with E-state index in [9.17, 15) is 28.0 Å². The Morgan fingerprint density at radius 1 is 1.02 bits per heavy atom. The van der Waals surface area contributed by atoms with Gasteiger partial charge in [-0.3, -0.25) is 14.5 Å². The van der Waals surface area contributed by atoms with Gasteiger partial charge in [-0.05, 0) is 51.7 Å². The molecule has 0 bridgehead atoms. The molecule has 11 nitrogen and oxygen atoms in total. The summed E-state index contributed by atoms with van der Waals surface area (Å²) in [6.45, 7) is 13.0. The molecule has 5 unspecified atom stereocenters. The third-order valence-corrected chi connectivity index (χ3v) is 8.04. The first kappa shape index (κ1) is 34.8. The van der Waals surface area contributed by atoms with Crippen molar-refractivity contribution >= 4 is 23.9 Å². The third kappa shape index (κ3) is 7.89. The number of carbonyl (C=O) groups excluding carboxylic acids is 4. The number of nitrogens with zero attached hydrogens (tertiary/aromatic N) is 4. The predicted molar refractivity (Wildman–Crippen MR) is 160 cm³/mol. The number of hydrogen-bond acceptors (Lipinski definition) is 6. The first-order valence-corrected chi connectivity index (χ1v) is 14.9. The molecule has 1 aromatic rings. The Bertz CT molecular complexity index is 1250. The highest BCUT2D eigenvalue weighted by Gasteiger charge is 2.54. The largest absolute Gasteiger partial charge is 0.493 e. The monoisotopic (exact) mass is 623 g/mol. The highest BCUT2D eigenvalue weighted by molar-refractivity contribution is 5.92. The van der Waals surface area contributed by atoms with Gasteiger partial charge in [0.15, 0.2) is 11.6 Å². The van der Waals surface area contributed by atoms with Crippen molar-refractivity contribution in [1.29, 1.82) is 0 Å². The molecule has 3 rings (SSSR count). The summed E-state index contributed by atoms with van der Waals surface area (Å²) in [6.07, 6.45) is -0.137. The maximum absolute atomic E-state index is 14.3. The van der Waals surface area contributed by atoms with Crippen LogP contribution in [0.3, 0.4) is 0 Å². The Hall–Kier alpha value is -3.64. The lowest BCUT2D eigenvalue weighted by Gasteiger charge is -2.38. The number of benzene rings is 1. The Labute approximate surface area is 258 Å². The molecule has 0 aliphatic carbocycles. The number of amides is 5. The van der Waals surface area contributed by atoms with E-state index in [-0.39, 0.29) is 36.3 Å². The van der Waals surface area contributed by atoms with Crippen LogP contribution in [0.1, 0.15) is 54.9 Å². The molecule has 0 spiro atoms. The van der Waals surface area contributed by atoms with E-state index in [1.165, 1.54) is 22.9 Å². The van der Waals surface area contributed by atoms with Crippen LogP contribution >= 0.6 is 0 Å². The summed E-state index contributed by atoms with van der Waals surface area (Å²) in [5.74, 6) is -3.06. The fourth-order valence-electron chi connectivity index (χ4n) is 5.60. The molecule has 2 heterocycles. The average molecular weight is 624 g/mol. The van der Waals surface area contributed by atoms with Crippen LogP contribution in [0.25, 0.3) is 0 Å². The van der Waals surface area contributed by atoms with Crippen molar-refractivity contribution in [3.05, 3.63) is 29.8 Å². The Kier molecular flexibility index (Phi) is 10.4. The molecule has 1 N–H and O–H groups in total. The molecule has 13 heteroatoms. The average Bonchev–Trinajstić information content (AvgIpc) is 3.50. The molecule has 0 radical (unpaired) electrons. The van der Waals surface area contributed by atoms with Crippen molar-refractivity contribution < 1.29 is 37.4 Å². The molecule has 2 aliphatic rings. The normalized spacial score (nSPS) is 21.3. The van der Waals surface area contributed by atoms with E-state index in [0.29, 0.717) is 19.5 Å². The maximum atomic E-state index is 14.3. The lowest BCUT2D eigenvalue weighted by Crippen LogP contribution is -2.60. The summed E-state index contributed by atoms with van der Waals surface area (Å²) in [6, 6.07) is 0.466. The smallest absolute Gasteiger partial charge is 0.410 e. The van der Waals surface area contributed by atoms with Crippen molar-refractivity contribution in [1.82, 2.24) is 24.9 Å². The number of hydrogen-bond donors (Lipinski definition) is 1. The summed E-state index contributed by atoms with van der Waals surface area (Å²) in [5, 5.41) is 2.87. The number of halogens is 2. The van der Waals surface area contributed by atoms with E-state index < -0.39 is 52.8 Å². The van der Waals surface area contributed by atoms with Crippen LogP contribution in [0.15, 0.2) is 18.2 Å². The van der Waals surface area contributed by atoms with Crippen LogP contribution in [0, 0.1) is 23.0 Å². The molecule has 44 heavy (non-hydrogen) atoms. The number of likely N-dealkylation sites (N-methyl/N-ethyl adjacent to an activating group) is 1. The Morgan fingerprint density at radius 2 is 1.66 bits per heavy atom. The summed E-state index contributed by atoms with van der Waals surface area (Å²) >= 11 is 0. The van der Waals surface area contributed by atoms with Gasteiger partial charge in [0.05, 0.1) is 18.7 Å². The van der Waals surface area contributed by atoms with Crippen LogP contribution < -0.4 is 10.1 Å². The highest BCUT2D eigenvalue weighted by atomic mass is 19.2. The Morgan fingerprint density at radius 3 is 2.20 bits per heavy atom. The second kappa shape index (κ2) is 13.2. The molecule has 0 saturated carbocycles. The van der Waals surface area contributed by atoms with Gasteiger partial charge in [-0.15, -0.1) is 0 Å². The van der Waals surface area contributed by atoms with Crippen molar-refractivity contribution in [2.75, 3.05) is 40.8 Å². The lowest BCUT2D eigenvalue weighted by atomic mass is 9.85. The molecule has 246 valence electrons. The van der Waals surface area contributed by atoms with E-state index >= 15 is 0 Å². The fourth-order valence-corrected chi connectivity index (χ4v) is 5.60. The maximum Gasteiger partial charge on any atom is 0.410 e. The van der Waals surface area contributed by atoms with Gasteiger partial charge >= 0.3 is 12.1 Å². The quantitative estimate of drug-likeness (QED) is 0.496. The van der Waals surface area contributed by atoms with Gasteiger partial charge in [0.1, 0.15) is 23.4 Å². The zero-order valence-electron chi connectivity index (χ0n) is 27.4. The van der Waals surface area contributed by atoms with Crippen molar-refractivity contribution in [2.24, 2.45) is 11.3 Å². The van der Waals surface area contributed by atoms with Crippen LogP contribution in [-0.4, -0.2) is 114 Å². The third-order valence-electron chi connectivity index (χ3n) is 8.04. The SMILES string of the molecule is CC(C(=O)NC(C(=O)N1CCC2C1C(COc1ccc(F)c(F)c1)CN2C(=O)N(C)C)C(C)(C)C)N(C)C(=O)OC(C)(C)C. The summed E-state index contributed by atoms with van der Waals surface area (Å²) in [4.78, 5) is 59.4. The summed E-state index contributed by atoms with van der Waals surface area (Å²) in [7, 11) is 4.77. The minimum absolute atomic E-state index is 0.0531. The highest BCUT2D eigenvalue weighted by Crippen LogP contribution is 2.38. The molecule has 2 aliphatic heterocycles. The van der Waals surface area contributed by atoms with Crippen molar-refractivity contribution in [3.8, 4) is 5.75 Å². The van der Waals surface area contributed by atoms with Gasteiger partial charge in [0.2, 0.25) is 11.8 Å². The number of fused-ring (bicyclic) bond motifs is 1. The van der Waals surface area contributed by atoms with E-state index in [1.54, 1.807) is 51.6 Å². The first-order valence-electron chi connectivity index (χ1n) is 14.9. The standard InChI is InChI=1S/C31H47F2N5O6/c1-18(36(10)29(42)44-31(5,6)7)26(39)34-25(30(2,3)4)27(40)37-14-13-23-24(37)19(16-38(23)28(41)35(8)9)17-43-20-11-12-21(32)22(33)15-20/h11-12,15,18-19,23-25H,13-14,16-17H2,1-10H3,(H,34,39). The summed E-state index contributed by atoms with van der Waals surface area (Å²) in [5.41, 5.74) is -1.45. The number of nitrogens with one attached hydrogen (secondary N) is 1. The van der Waals surface area contributed by atoms with Gasteiger partial charge in [0, 0.05) is 46.2 Å². The number of rotatable bonds is 7. The van der Waals surface area contributed by atoms with Gasteiger partial charge < -0.3 is 29.5 Å². The molecule has 0 aromatic heterocycles. The molecule has 1 aromatic carbocycles. The van der Waals surface area contributed by atoms with E-state index in [0.717, 1.165) is 12.1 Å². The van der Waals surface area contributed by atoms with Gasteiger partial charge in [-0.1, -0.05) is 20.8 Å². The number of urea groups is 1. The van der Waals surface area contributed by atoms with E-state index in [1.807, 2.05) is 20.8 Å². The van der Waals surface area contributed by atoms with Crippen molar-refractivity contribution in [3.63, 3.8) is 0 Å². The second-order valence-corrected chi connectivity index (χ2v) is 13.9. The molecular formula is C31H47F2N5O6. The lowest BCUT2D eigenvalue weighted by molar-refractivity contribution is -0.141. The minimum Gasteiger partial charge on any atom is -0.493 e. The molecule has 5 amide bonds. The predicted octanol–water partition coefficient (Wildman–Crippen LogP) is 3.71. The molecule has 2 saturated heterocycles. The van der Waals surface area contributed by atoms with Crippen LogP contribution in [0.5, 0.6) is 5.75 Å². The van der Waals surface area contributed by atoms with Crippen LogP contribution in [-0.2, 0) is 14.3 Å². The van der Waals surface area contributed by atoms with Crippen LogP contribution in [0.2, 0.25) is 0 Å². The second-order valence-electron chi connectivity index (χ2n) is 13.9. The van der Waals surface area contributed by atoms with E-state index in [2.05, 4.69) is 5.32 Å². The molecule has 2 fully saturated rings. The number of carbonyl (C=O) groups is 4. The summed E-state index contributed by atoms with van der Waals surface area (Å²) < 4.78 is 38.5. The topological polar surface area (TPSA) is 112 Å². The minimum atomic E-state index is -1.04. The zero-order chi connectivity index (χ0) is 33.3. The van der Waals surface area contributed by atoms with Gasteiger partial charge in [0.25, 0.3) is 0 Å². The molecule has 5 atom stereocenters. The van der Waals surface area contributed by atoms with Gasteiger partial charge in [-0.25, -0.2) is 18.4 Å². The van der Waals surface area contributed by atoms with Gasteiger partial charge in [-0.2, -0.15) is 0 Å². The fraction of sp³-hybridized carbons (Fsp3) is 0.677. The molecular weight excluding hydrogens is 576 g/mol. The van der Waals surface area contributed by atoms with E-state index in [4.69, 9.17) is 9.47 Å². The van der Waals surface area contributed by atoms with Crippen LogP contribution in [0.4, 0.5) is 18.4 Å². The first-order chi connectivity index (χ1) is 20.2. The number of ether oxygens (including phenoxy) is 2.